The fraction of sp³-hybridized carbons (Fsp3) is 0. The van der Waals surface area contributed by atoms with Crippen LogP contribution in [0.4, 0.5) is 31.9 Å². The number of hydrogen-bond acceptors (Lipinski definition) is 5. The maximum Gasteiger partial charge on any atom is 0.409 e. The summed E-state index contributed by atoms with van der Waals surface area (Å²) in [5.41, 5.74) is -0.295. The van der Waals surface area contributed by atoms with Crippen molar-refractivity contribution in [1.82, 2.24) is 0 Å². The number of rotatable bonds is 4. The Balaban J connectivity index is 2.39. The molecule has 0 atom stereocenters. The number of benzene rings is 2. The molecule has 2 aromatic rings. The first-order valence-corrected chi connectivity index (χ1v) is 5.88. The molecule has 0 saturated heterocycles. The predicted octanol–water partition coefficient (Wildman–Crippen LogP) is 3.73. The highest BCUT2D eigenvalue weighted by atomic mass is 19.1. The van der Waals surface area contributed by atoms with Crippen LogP contribution in [0.3, 0.4) is 0 Å². The lowest BCUT2D eigenvalue weighted by molar-refractivity contribution is -0.385. The molecule has 0 aliphatic heterocycles. The maximum atomic E-state index is 13.3. The molecule has 0 bridgehead atoms. The fourth-order valence-electron chi connectivity index (χ4n) is 1.80. The van der Waals surface area contributed by atoms with Gasteiger partial charge in [0, 0.05) is 24.3 Å². The minimum absolute atomic E-state index is 0.0620. The molecule has 0 aliphatic rings. The van der Waals surface area contributed by atoms with Gasteiger partial charge in [-0.15, -0.1) is 4.39 Å². The van der Waals surface area contributed by atoms with Crippen molar-refractivity contribution in [1.29, 1.82) is 0 Å². The number of nitrogens with zero attached hydrogens (tertiary/aromatic N) is 3. The van der Waals surface area contributed by atoms with Crippen LogP contribution in [0.15, 0.2) is 48.5 Å². The minimum Gasteiger partial charge on any atom is -0.258 e. The van der Waals surface area contributed by atoms with Crippen LogP contribution in [0.2, 0.25) is 0 Å². The first-order chi connectivity index (χ1) is 10.4. The molecule has 2 rings (SSSR count). The van der Waals surface area contributed by atoms with Gasteiger partial charge in [0.05, 0.1) is 21.2 Å². The zero-order valence-corrected chi connectivity index (χ0v) is 10.9. The molecule has 22 heavy (non-hydrogen) atoms. The summed E-state index contributed by atoms with van der Waals surface area (Å²) in [4.78, 5) is 31.7. The molecule has 0 radical (unpaired) electrons. The summed E-state index contributed by atoms with van der Waals surface area (Å²) < 4.78 is 13.3. The minimum atomic E-state index is -1.82. The average molecular weight is 305 g/mol. The van der Waals surface area contributed by atoms with Crippen LogP contribution in [0, 0.1) is 20.2 Å². The Morgan fingerprint density at radius 3 is 1.36 bits per heavy atom. The highest BCUT2D eigenvalue weighted by Gasteiger charge is 2.19. The normalized spacial score (nSPS) is 10.0. The second kappa shape index (κ2) is 5.95. The van der Waals surface area contributed by atoms with Gasteiger partial charge < -0.3 is 0 Å². The smallest absolute Gasteiger partial charge is 0.258 e. The van der Waals surface area contributed by atoms with Crippen LogP contribution < -0.4 is 4.90 Å². The lowest BCUT2D eigenvalue weighted by atomic mass is 10.2. The van der Waals surface area contributed by atoms with E-state index in [-0.39, 0.29) is 22.7 Å². The first-order valence-electron chi connectivity index (χ1n) is 5.88. The molecule has 0 saturated carbocycles. The number of carbonyl (C=O) groups is 1. The molecule has 2 aromatic carbocycles. The molecule has 8 nitrogen and oxygen atoms in total. The fourth-order valence-corrected chi connectivity index (χ4v) is 1.80. The quantitative estimate of drug-likeness (QED) is 0.370. The van der Waals surface area contributed by atoms with Gasteiger partial charge in [0.1, 0.15) is 0 Å². The standard InChI is InChI=1S/C13H8FN3O5/c14-13(18)15(9-1-5-11(6-2-9)16(19)20)10-3-7-12(8-4-10)17(21)22/h1-8H. The van der Waals surface area contributed by atoms with Gasteiger partial charge in [-0.3, -0.25) is 25.1 Å². The van der Waals surface area contributed by atoms with E-state index < -0.39 is 16.0 Å². The number of nitro benzene ring substituents is 2. The highest BCUT2D eigenvalue weighted by Crippen LogP contribution is 2.29. The topological polar surface area (TPSA) is 107 Å². The third kappa shape index (κ3) is 3.03. The number of carbonyl (C=O) groups excluding carboxylic acids is 1. The second-order valence-corrected chi connectivity index (χ2v) is 4.14. The largest absolute Gasteiger partial charge is 0.409 e. The third-order valence-electron chi connectivity index (χ3n) is 2.81. The number of anilines is 2. The van der Waals surface area contributed by atoms with Crippen LogP contribution in [0.1, 0.15) is 0 Å². The molecule has 0 fully saturated rings. The SMILES string of the molecule is O=C(F)N(c1ccc([N+](=O)[O-])cc1)c1ccc([N+](=O)[O-])cc1. The van der Waals surface area contributed by atoms with E-state index in [4.69, 9.17) is 0 Å². The molecule has 9 heteroatoms. The van der Waals surface area contributed by atoms with Crippen LogP contribution in [0.5, 0.6) is 0 Å². The van der Waals surface area contributed by atoms with Gasteiger partial charge in [-0.2, -0.15) is 0 Å². The molecule has 0 N–H and O–H groups in total. The van der Waals surface area contributed by atoms with Crippen molar-refractivity contribution in [3.05, 3.63) is 68.8 Å². The summed E-state index contributed by atoms with van der Waals surface area (Å²) in [5, 5.41) is 21.1. The van der Waals surface area contributed by atoms with E-state index in [9.17, 15) is 29.4 Å². The Bertz CT molecular complexity index is 673. The molecule has 0 aromatic heterocycles. The van der Waals surface area contributed by atoms with E-state index in [1.165, 1.54) is 24.3 Å². The Morgan fingerprint density at radius 1 is 0.818 bits per heavy atom. The second-order valence-electron chi connectivity index (χ2n) is 4.14. The number of hydrogen-bond donors (Lipinski definition) is 0. The third-order valence-corrected chi connectivity index (χ3v) is 2.81. The Kier molecular flexibility index (Phi) is 4.07. The van der Waals surface area contributed by atoms with Crippen molar-refractivity contribution in [3.8, 4) is 0 Å². The molecule has 1 amide bonds. The summed E-state index contributed by atoms with van der Waals surface area (Å²) in [7, 11) is 0. The van der Waals surface area contributed by atoms with Gasteiger partial charge in [-0.25, -0.2) is 4.79 Å². The summed E-state index contributed by atoms with van der Waals surface area (Å²) in [6, 6.07) is 9.31. The van der Waals surface area contributed by atoms with Gasteiger partial charge in [-0.05, 0) is 24.3 Å². The number of nitro groups is 2. The Hall–Kier alpha value is -3.36. The van der Waals surface area contributed by atoms with Crippen LogP contribution in [-0.2, 0) is 0 Å². The van der Waals surface area contributed by atoms with Crippen molar-refractivity contribution < 1.29 is 19.0 Å². The van der Waals surface area contributed by atoms with Gasteiger partial charge in [0.25, 0.3) is 11.4 Å². The van der Waals surface area contributed by atoms with Gasteiger partial charge >= 0.3 is 6.16 Å². The van der Waals surface area contributed by atoms with Crippen molar-refractivity contribution in [3.63, 3.8) is 0 Å². The van der Waals surface area contributed by atoms with E-state index in [0.717, 1.165) is 24.3 Å². The van der Waals surface area contributed by atoms with E-state index in [1.807, 2.05) is 0 Å². The van der Waals surface area contributed by atoms with Gasteiger partial charge in [0.2, 0.25) is 0 Å². The molecule has 0 heterocycles. The zero-order valence-electron chi connectivity index (χ0n) is 10.9. The Morgan fingerprint density at radius 2 is 1.14 bits per heavy atom. The van der Waals surface area contributed by atoms with E-state index in [2.05, 4.69) is 0 Å². The van der Waals surface area contributed by atoms with Gasteiger partial charge in [0.15, 0.2) is 0 Å². The molecule has 0 spiro atoms. The summed E-state index contributed by atoms with van der Waals surface area (Å²) in [6.45, 7) is 0. The monoisotopic (exact) mass is 305 g/mol. The number of amides is 1. The van der Waals surface area contributed by atoms with Crippen molar-refractivity contribution in [2.45, 2.75) is 0 Å². The molecular formula is C13H8FN3O5. The summed E-state index contributed by atoms with van der Waals surface area (Å²) >= 11 is 0. The summed E-state index contributed by atoms with van der Waals surface area (Å²) in [6.07, 6.45) is -1.82. The van der Waals surface area contributed by atoms with E-state index >= 15 is 0 Å². The first kappa shape index (κ1) is 15.0. The van der Waals surface area contributed by atoms with Crippen molar-refractivity contribution >= 4 is 28.9 Å². The van der Waals surface area contributed by atoms with Crippen LogP contribution >= 0.6 is 0 Å². The molecule has 112 valence electrons. The molecule has 0 unspecified atom stereocenters. The van der Waals surface area contributed by atoms with E-state index in [0.29, 0.717) is 4.90 Å². The van der Waals surface area contributed by atoms with Crippen molar-refractivity contribution in [2.75, 3.05) is 4.90 Å². The Labute approximate surface area is 122 Å². The van der Waals surface area contributed by atoms with Gasteiger partial charge in [-0.1, -0.05) is 0 Å². The van der Waals surface area contributed by atoms with Crippen LogP contribution in [0.25, 0.3) is 0 Å². The number of non-ortho nitro benzene ring substituents is 2. The maximum absolute atomic E-state index is 13.3. The number of halogens is 1. The zero-order chi connectivity index (χ0) is 16.3. The molecular weight excluding hydrogens is 297 g/mol. The molecule has 0 aliphatic carbocycles. The lowest BCUT2D eigenvalue weighted by Crippen LogP contribution is -2.20. The van der Waals surface area contributed by atoms with Crippen molar-refractivity contribution in [2.24, 2.45) is 0 Å². The highest BCUT2D eigenvalue weighted by molar-refractivity contribution is 5.95. The lowest BCUT2D eigenvalue weighted by Gasteiger charge is -2.18. The summed E-state index contributed by atoms with van der Waals surface area (Å²) in [5.74, 6) is 0. The van der Waals surface area contributed by atoms with E-state index in [1.54, 1.807) is 0 Å². The van der Waals surface area contributed by atoms with Crippen LogP contribution in [-0.4, -0.2) is 16.0 Å². The average Bonchev–Trinajstić information content (AvgIpc) is 2.48. The predicted molar refractivity (Wildman–Crippen MR) is 74.8 cm³/mol.